The lowest BCUT2D eigenvalue weighted by atomic mass is 10.2. The first-order chi connectivity index (χ1) is 12.6. The highest BCUT2D eigenvalue weighted by Gasteiger charge is 2.16. The molecule has 9 heteroatoms. The molecule has 0 aliphatic carbocycles. The Balaban J connectivity index is 1.88. The van der Waals surface area contributed by atoms with Gasteiger partial charge in [0.2, 0.25) is 0 Å². The Labute approximate surface area is 156 Å². The smallest absolute Gasteiger partial charge is 0.368 e. The summed E-state index contributed by atoms with van der Waals surface area (Å²) in [6, 6.07) is 12.0. The van der Waals surface area contributed by atoms with Gasteiger partial charge in [-0.05, 0) is 44.4 Å². The van der Waals surface area contributed by atoms with Crippen molar-refractivity contribution >= 4 is 15.9 Å². The van der Waals surface area contributed by atoms with Gasteiger partial charge in [0.15, 0.2) is 5.82 Å². The summed E-state index contributed by atoms with van der Waals surface area (Å²) in [7, 11) is 0. The second kappa shape index (κ2) is 8.22. The summed E-state index contributed by atoms with van der Waals surface area (Å²) >= 11 is 3.25. The molecule has 1 aromatic heterocycles. The van der Waals surface area contributed by atoms with Crippen LogP contribution in [0.1, 0.15) is 12.0 Å². The number of rotatable bonds is 7. The summed E-state index contributed by atoms with van der Waals surface area (Å²) in [4.78, 5) is 12.3. The Hall–Kier alpha value is -2.55. The molecule has 136 valence electrons. The Morgan fingerprint density at radius 1 is 1.15 bits per heavy atom. The minimum atomic E-state index is -0.663. The Morgan fingerprint density at radius 2 is 1.92 bits per heavy atom. The number of hydrogen-bond donors (Lipinski definition) is 0. The van der Waals surface area contributed by atoms with Gasteiger partial charge in [-0.25, -0.2) is 9.18 Å². The van der Waals surface area contributed by atoms with E-state index in [1.807, 2.05) is 30.3 Å². The standard InChI is InChI=1S/C17H15BrF2N4O2/c18-13-9-14(20)15(24-17(25)23(21-22-24)8-4-7-19)10-16(13)26-11-12-5-2-1-3-6-12/h1-3,5-6,9-10H,4,7-8,11H2. The van der Waals surface area contributed by atoms with Crippen LogP contribution in [-0.4, -0.2) is 26.5 Å². The Morgan fingerprint density at radius 3 is 2.65 bits per heavy atom. The molecule has 0 atom stereocenters. The summed E-state index contributed by atoms with van der Waals surface area (Å²) in [5.74, 6) is -0.306. The maximum Gasteiger partial charge on any atom is 0.368 e. The third-order valence-electron chi connectivity index (χ3n) is 3.61. The molecule has 0 spiro atoms. The number of hydrogen-bond acceptors (Lipinski definition) is 4. The largest absolute Gasteiger partial charge is 0.488 e. The number of aromatic nitrogens is 4. The van der Waals surface area contributed by atoms with E-state index in [4.69, 9.17) is 4.74 Å². The van der Waals surface area contributed by atoms with E-state index in [0.717, 1.165) is 14.9 Å². The number of tetrazole rings is 1. The second-order valence-electron chi connectivity index (χ2n) is 5.45. The third kappa shape index (κ3) is 3.98. The predicted octanol–water partition coefficient (Wildman–Crippen LogP) is 3.27. The summed E-state index contributed by atoms with van der Waals surface area (Å²) in [6.45, 7) is -0.225. The van der Waals surface area contributed by atoms with Crippen LogP contribution in [-0.2, 0) is 13.2 Å². The molecule has 0 radical (unpaired) electrons. The first-order valence-electron chi connectivity index (χ1n) is 7.85. The van der Waals surface area contributed by atoms with Crippen molar-refractivity contribution in [2.45, 2.75) is 19.6 Å². The molecule has 26 heavy (non-hydrogen) atoms. The van der Waals surface area contributed by atoms with E-state index >= 15 is 0 Å². The van der Waals surface area contributed by atoms with Crippen molar-refractivity contribution in [2.24, 2.45) is 0 Å². The zero-order valence-electron chi connectivity index (χ0n) is 13.6. The predicted molar refractivity (Wildman–Crippen MR) is 94.6 cm³/mol. The summed E-state index contributed by atoms with van der Waals surface area (Å²) in [5.41, 5.74) is 0.209. The first-order valence-corrected chi connectivity index (χ1v) is 8.64. The number of benzene rings is 2. The normalized spacial score (nSPS) is 10.9. The summed E-state index contributed by atoms with van der Waals surface area (Å²) in [6.07, 6.45) is 0.132. The molecule has 3 rings (SSSR count). The van der Waals surface area contributed by atoms with E-state index in [1.165, 1.54) is 12.1 Å². The average molecular weight is 425 g/mol. The SMILES string of the molecule is O=c1n(CCCF)nnn1-c1cc(OCc2ccccc2)c(Br)cc1F. The number of ether oxygens (including phenoxy) is 1. The van der Waals surface area contributed by atoms with Crippen LogP contribution in [0.3, 0.4) is 0 Å². The van der Waals surface area contributed by atoms with Crippen molar-refractivity contribution < 1.29 is 13.5 Å². The highest BCUT2D eigenvalue weighted by atomic mass is 79.9. The van der Waals surface area contributed by atoms with Crippen molar-refractivity contribution in [3.05, 3.63) is 68.8 Å². The molecular weight excluding hydrogens is 410 g/mol. The maximum atomic E-state index is 14.3. The van der Waals surface area contributed by atoms with Crippen LogP contribution >= 0.6 is 15.9 Å². The third-order valence-corrected chi connectivity index (χ3v) is 4.23. The minimum absolute atomic E-state index is 0.0743. The molecule has 0 saturated carbocycles. The molecule has 3 aromatic rings. The molecule has 0 N–H and O–H groups in total. The van der Waals surface area contributed by atoms with Gasteiger partial charge in [-0.3, -0.25) is 4.39 Å². The van der Waals surface area contributed by atoms with E-state index in [2.05, 4.69) is 26.4 Å². The van der Waals surface area contributed by atoms with Crippen molar-refractivity contribution in [2.75, 3.05) is 6.67 Å². The molecular formula is C17H15BrF2N4O2. The van der Waals surface area contributed by atoms with Crippen LogP contribution < -0.4 is 10.4 Å². The number of nitrogens with zero attached hydrogens (tertiary/aromatic N) is 4. The molecule has 0 saturated heterocycles. The van der Waals surface area contributed by atoms with E-state index in [1.54, 1.807) is 0 Å². The van der Waals surface area contributed by atoms with Gasteiger partial charge in [-0.2, -0.15) is 9.36 Å². The Bertz CT molecular complexity index is 944. The van der Waals surface area contributed by atoms with E-state index < -0.39 is 18.2 Å². The lowest BCUT2D eigenvalue weighted by Gasteiger charge is -2.10. The number of alkyl halides is 1. The van der Waals surface area contributed by atoms with Crippen LogP contribution in [0, 0.1) is 5.82 Å². The van der Waals surface area contributed by atoms with Gasteiger partial charge in [0.25, 0.3) is 0 Å². The summed E-state index contributed by atoms with van der Waals surface area (Å²) < 4.78 is 34.6. The van der Waals surface area contributed by atoms with Gasteiger partial charge < -0.3 is 4.74 Å². The van der Waals surface area contributed by atoms with E-state index in [9.17, 15) is 13.6 Å². The fourth-order valence-electron chi connectivity index (χ4n) is 2.30. The van der Waals surface area contributed by atoms with Crippen molar-refractivity contribution in [1.82, 2.24) is 19.8 Å². The lowest BCUT2D eigenvalue weighted by Crippen LogP contribution is -2.25. The highest BCUT2D eigenvalue weighted by Crippen LogP contribution is 2.30. The topological polar surface area (TPSA) is 61.9 Å². The number of halogens is 3. The van der Waals surface area contributed by atoms with Gasteiger partial charge in [0.1, 0.15) is 18.0 Å². The number of aryl methyl sites for hydroxylation is 1. The zero-order valence-corrected chi connectivity index (χ0v) is 15.2. The molecule has 0 amide bonds. The van der Waals surface area contributed by atoms with Crippen LogP contribution in [0.4, 0.5) is 8.78 Å². The fourth-order valence-corrected chi connectivity index (χ4v) is 2.73. The van der Waals surface area contributed by atoms with Crippen molar-refractivity contribution in [3.8, 4) is 11.4 Å². The zero-order chi connectivity index (χ0) is 18.5. The summed E-state index contributed by atoms with van der Waals surface area (Å²) in [5, 5.41) is 7.32. The van der Waals surface area contributed by atoms with Gasteiger partial charge >= 0.3 is 5.69 Å². The van der Waals surface area contributed by atoms with Gasteiger partial charge in [-0.15, -0.1) is 0 Å². The van der Waals surface area contributed by atoms with Crippen molar-refractivity contribution in [1.29, 1.82) is 0 Å². The minimum Gasteiger partial charge on any atom is -0.488 e. The maximum absolute atomic E-state index is 14.3. The molecule has 0 fully saturated rings. The van der Waals surface area contributed by atoms with Crippen molar-refractivity contribution in [3.63, 3.8) is 0 Å². The van der Waals surface area contributed by atoms with Gasteiger partial charge in [0, 0.05) is 6.07 Å². The molecule has 0 bridgehead atoms. The average Bonchev–Trinajstić information content (AvgIpc) is 3.00. The molecule has 1 heterocycles. The molecule has 6 nitrogen and oxygen atoms in total. The van der Waals surface area contributed by atoms with E-state index in [-0.39, 0.29) is 25.3 Å². The molecule has 0 unspecified atom stereocenters. The Kier molecular flexibility index (Phi) is 5.77. The van der Waals surface area contributed by atoms with Gasteiger partial charge in [-0.1, -0.05) is 30.3 Å². The molecule has 0 aliphatic heterocycles. The van der Waals surface area contributed by atoms with Gasteiger partial charge in [0.05, 0.1) is 17.7 Å². The van der Waals surface area contributed by atoms with E-state index in [0.29, 0.717) is 10.2 Å². The fraction of sp³-hybridized carbons (Fsp3) is 0.235. The quantitative estimate of drug-likeness (QED) is 0.583. The highest BCUT2D eigenvalue weighted by molar-refractivity contribution is 9.10. The first kappa shape index (κ1) is 18.2. The van der Waals surface area contributed by atoms with Crippen LogP contribution in [0.2, 0.25) is 0 Å². The lowest BCUT2D eigenvalue weighted by molar-refractivity contribution is 0.303. The molecule has 0 aliphatic rings. The monoisotopic (exact) mass is 424 g/mol. The van der Waals surface area contributed by atoms with Crippen LogP contribution in [0.5, 0.6) is 5.75 Å². The second-order valence-corrected chi connectivity index (χ2v) is 6.30. The molecule has 2 aromatic carbocycles. The van der Waals surface area contributed by atoms with Crippen LogP contribution in [0.15, 0.2) is 51.7 Å². The van der Waals surface area contributed by atoms with Crippen LogP contribution in [0.25, 0.3) is 5.69 Å².